The number of halogens is 1. The number of hydrogen-bond donors (Lipinski definition) is 0. The molecule has 0 aliphatic rings. The first kappa shape index (κ1) is 7.22. The Morgan fingerprint density at radius 3 is 2.43 bits per heavy atom. The van der Waals surface area contributed by atoms with Gasteiger partial charge in [-0.25, -0.2) is 0 Å². The lowest BCUT2D eigenvalue weighted by Crippen LogP contribution is -1.77. The monoisotopic (exact) mass is 162 g/mol. The van der Waals surface area contributed by atoms with Crippen LogP contribution in [0.15, 0.2) is 12.2 Å². The minimum Gasteiger partial charge on any atom is -0.0990 e. The average molecular weight is 163 g/mol. The highest BCUT2D eigenvalue weighted by atomic mass is 79.9. The Balaban J connectivity index is 3.00. The normalized spacial score (nSPS) is 8.86. The van der Waals surface area contributed by atoms with E-state index in [-0.39, 0.29) is 0 Å². The van der Waals surface area contributed by atoms with Crippen molar-refractivity contribution < 1.29 is 0 Å². The van der Waals surface area contributed by atoms with E-state index in [9.17, 15) is 0 Å². The SMILES string of the molecule is C=C(CBr)CCC. The highest BCUT2D eigenvalue weighted by molar-refractivity contribution is 9.09. The van der Waals surface area contributed by atoms with Crippen LogP contribution in [0.4, 0.5) is 0 Å². The topological polar surface area (TPSA) is 0 Å². The zero-order valence-corrected chi connectivity index (χ0v) is 6.29. The first-order valence-corrected chi connectivity index (χ1v) is 3.66. The lowest BCUT2D eigenvalue weighted by Gasteiger charge is -1.92. The predicted octanol–water partition coefficient (Wildman–Crippen LogP) is 2.74. The fourth-order valence-electron chi connectivity index (χ4n) is 0.420. The van der Waals surface area contributed by atoms with Gasteiger partial charge in [-0.3, -0.25) is 0 Å². The third-order valence-corrected chi connectivity index (χ3v) is 1.59. The summed E-state index contributed by atoms with van der Waals surface area (Å²) in [5.41, 5.74) is 1.29. The Labute approximate surface area is 53.7 Å². The van der Waals surface area contributed by atoms with Crippen molar-refractivity contribution in [3.63, 3.8) is 0 Å². The Hall–Kier alpha value is 0.220. The molecule has 0 unspecified atom stereocenters. The van der Waals surface area contributed by atoms with Gasteiger partial charge in [0.25, 0.3) is 0 Å². The largest absolute Gasteiger partial charge is 0.0990 e. The van der Waals surface area contributed by atoms with E-state index in [1.165, 1.54) is 12.0 Å². The number of rotatable bonds is 3. The lowest BCUT2D eigenvalue weighted by atomic mass is 10.2. The zero-order valence-electron chi connectivity index (χ0n) is 4.71. The first-order valence-electron chi connectivity index (χ1n) is 2.54. The first-order chi connectivity index (χ1) is 3.31. The van der Waals surface area contributed by atoms with Crippen molar-refractivity contribution in [3.8, 4) is 0 Å². The molecule has 0 heterocycles. The summed E-state index contributed by atoms with van der Waals surface area (Å²) in [6, 6.07) is 0. The highest BCUT2D eigenvalue weighted by Gasteiger charge is 1.84. The quantitative estimate of drug-likeness (QED) is 0.443. The molecule has 0 fully saturated rings. The van der Waals surface area contributed by atoms with Crippen LogP contribution in [0.25, 0.3) is 0 Å². The van der Waals surface area contributed by atoms with E-state index in [4.69, 9.17) is 0 Å². The minimum atomic E-state index is 0.959. The second-order valence-corrected chi connectivity index (χ2v) is 2.19. The van der Waals surface area contributed by atoms with Gasteiger partial charge >= 0.3 is 0 Å². The fourth-order valence-corrected chi connectivity index (χ4v) is 0.701. The van der Waals surface area contributed by atoms with Crippen LogP contribution in [0.5, 0.6) is 0 Å². The number of alkyl halides is 1. The second kappa shape index (κ2) is 4.38. The van der Waals surface area contributed by atoms with Gasteiger partial charge in [0.2, 0.25) is 0 Å². The fraction of sp³-hybridized carbons (Fsp3) is 0.667. The molecule has 0 saturated heterocycles. The van der Waals surface area contributed by atoms with Crippen molar-refractivity contribution in [3.05, 3.63) is 12.2 Å². The summed E-state index contributed by atoms with van der Waals surface area (Å²) < 4.78 is 0. The second-order valence-electron chi connectivity index (χ2n) is 1.63. The van der Waals surface area contributed by atoms with Gasteiger partial charge in [0, 0.05) is 5.33 Å². The molecule has 0 spiro atoms. The molecule has 0 atom stereocenters. The third kappa shape index (κ3) is 4.07. The van der Waals surface area contributed by atoms with Gasteiger partial charge in [0.15, 0.2) is 0 Å². The van der Waals surface area contributed by atoms with Gasteiger partial charge < -0.3 is 0 Å². The van der Waals surface area contributed by atoms with E-state index in [1.54, 1.807) is 0 Å². The molecular formula is C6H11Br. The maximum atomic E-state index is 3.82. The molecule has 0 N–H and O–H groups in total. The number of allylic oxidation sites excluding steroid dienone is 1. The molecule has 1 heteroatoms. The van der Waals surface area contributed by atoms with Gasteiger partial charge in [-0.2, -0.15) is 0 Å². The Morgan fingerprint density at radius 2 is 2.29 bits per heavy atom. The van der Waals surface area contributed by atoms with E-state index in [2.05, 4.69) is 29.4 Å². The van der Waals surface area contributed by atoms with Crippen LogP contribution in [0.3, 0.4) is 0 Å². The van der Waals surface area contributed by atoms with E-state index in [0.29, 0.717) is 0 Å². The molecule has 42 valence electrons. The van der Waals surface area contributed by atoms with Gasteiger partial charge in [-0.05, 0) is 6.42 Å². The molecule has 0 aliphatic carbocycles. The summed E-state index contributed by atoms with van der Waals surface area (Å²) >= 11 is 3.32. The van der Waals surface area contributed by atoms with E-state index < -0.39 is 0 Å². The third-order valence-electron chi connectivity index (χ3n) is 0.793. The van der Waals surface area contributed by atoms with Crippen LogP contribution in [-0.4, -0.2) is 5.33 Å². The van der Waals surface area contributed by atoms with Gasteiger partial charge in [0.05, 0.1) is 0 Å². The predicted molar refractivity (Wildman–Crippen MR) is 37.8 cm³/mol. The van der Waals surface area contributed by atoms with Gasteiger partial charge in [-0.1, -0.05) is 41.4 Å². The van der Waals surface area contributed by atoms with Gasteiger partial charge in [0.1, 0.15) is 0 Å². The standard InChI is InChI=1S/C6H11Br/c1-3-4-6(2)5-7/h2-5H2,1H3. The molecule has 0 aromatic rings. The highest BCUT2D eigenvalue weighted by Crippen LogP contribution is 2.03. The van der Waals surface area contributed by atoms with E-state index in [1.807, 2.05) is 0 Å². The molecule has 0 saturated carbocycles. The molecule has 7 heavy (non-hydrogen) atoms. The van der Waals surface area contributed by atoms with Crippen LogP contribution in [0.1, 0.15) is 19.8 Å². The summed E-state index contributed by atoms with van der Waals surface area (Å²) in [6.07, 6.45) is 2.37. The van der Waals surface area contributed by atoms with Gasteiger partial charge in [-0.15, -0.1) is 0 Å². The van der Waals surface area contributed by atoms with Crippen molar-refractivity contribution >= 4 is 15.9 Å². The van der Waals surface area contributed by atoms with Crippen molar-refractivity contribution in [1.82, 2.24) is 0 Å². The van der Waals surface area contributed by atoms with Crippen LogP contribution in [0, 0.1) is 0 Å². The van der Waals surface area contributed by atoms with E-state index in [0.717, 1.165) is 11.8 Å². The zero-order chi connectivity index (χ0) is 5.70. The van der Waals surface area contributed by atoms with E-state index >= 15 is 0 Å². The van der Waals surface area contributed by atoms with Crippen molar-refractivity contribution in [2.45, 2.75) is 19.8 Å². The smallest absolute Gasteiger partial charge is 0.0239 e. The molecule has 0 aromatic heterocycles. The minimum absolute atomic E-state index is 0.959. The molecule has 0 aromatic carbocycles. The van der Waals surface area contributed by atoms with Crippen molar-refractivity contribution in [2.75, 3.05) is 5.33 Å². The molecule has 0 amide bonds. The molecule has 0 radical (unpaired) electrons. The summed E-state index contributed by atoms with van der Waals surface area (Å²) in [4.78, 5) is 0. The Bertz CT molecular complexity index is 57.2. The number of hydrogen-bond acceptors (Lipinski definition) is 0. The summed E-state index contributed by atoms with van der Waals surface area (Å²) in [7, 11) is 0. The summed E-state index contributed by atoms with van der Waals surface area (Å²) in [5, 5.41) is 0.959. The molecule has 0 rings (SSSR count). The van der Waals surface area contributed by atoms with Crippen LogP contribution >= 0.6 is 15.9 Å². The molecule has 0 aliphatic heterocycles. The maximum Gasteiger partial charge on any atom is 0.0239 e. The molecule has 0 nitrogen and oxygen atoms in total. The summed E-state index contributed by atoms with van der Waals surface area (Å²) in [5.74, 6) is 0. The molecular weight excluding hydrogens is 152 g/mol. The van der Waals surface area contributed by atoms with Crippen molar-refractivity contribution in [1.29, 1.82) is 0 Å². The van der Waals surface area contributed by atoms with Crippen molar-refractivity contribution in [2.24, 2.45) is 0 Å². The lowest BCUT2D eigenvalue weighted by molar-refractivity contribution is 0.914. The summed E-state index contributed by atoms with van der Waals surface area (Å²) in [6.45, 7) is 5.98. The Kier molecular flexibility index (Phi) is 4.52. The van der Waals surface area contributed by atoms with Crippen LogP contribution < -0.4 is 0 Å². The maximum absolute atomic E-state index is 3.82. The van der Waals surface area contributed by atoms with Crippen LogP contribution in [-0.2, 0) is 0 Å². The Morgan fingerprint density at radius 1 is 1.71 bits per heavy atom. The van der Waals surface area contributed by atoms with Crippen LogP contribution in [0.2, 0.25) is 0 Å². The molecule has 0 bridgehead atoms. The average Bonchev–Trinajstić information content (AvgIpc) is 1.68.